The minimum absolute atomic E-state index is 0.0935. The number of carbonyl (C=O) groups is 2. The van der Waals surface area contributed by atoms with Crippen LogP contribution in [0.3, 0.4) is 0 Å². The summed E-state index contributed by atoms with van der Waals surface area (Å²) < 4.78 is 29.6. The zero-order chi connectivity index (χ0) is 30.8. The fraction of sp³-hybridized carbons (Fsp3) is 0.257. The number of nitrogens with one attached hydrogen (secondary N) is 1. The van der Waals surface area contributed by atoms with Crippen molar-refractivity contribution >= 4 is 27.5 Å². The lowest BCUT2D eigenvalue weighted by atomic mass is 10.0. The predicted molar refractivity (Wildman–Crippen MR) is 171 cm³/mol. The highest BCUT2D eigenvalue weighted by atomic mass is 32.2. The molecule has 4 aromatic rings. The van der Waals surface area contributed by atoms with Gasteiger partial charge in [0.05, 0.1) is 10.6 Å². The summed E-state index contributed by atoms with van der Waals surface area (Å²) in [4.78, 5) is 29.6. The van der Waals surface area contributed by atoms with Gasteiger partial charge in [-0.15, -0.1) is 0 Å². The van der Waals surface area contributed by atoms with Crippen LogP contribution in [0.5, 0.6) is 0 Å². The van der Waals surface area contributed by atoms with E-state index in [0.717, 1.165) is 22.3 Å². The van der Waals surface area contributed by atoms with Crippen LogP contribution < -0.4 is 9.62 Å². The van der Waals surface area contributed by atoms with Gasteiger partial charge in [-0.3, -0.25) is 13.9 Å². The smallest absolute Gasteiger partial charge is 0.264 e. The van der Waals surface area contributed by atoms with Gasteiger partial charge in [0.1, 0.15) is 12.6 Å². The molecule has 4 aromatic carbocycles. The fourth-order valence-corrected chi connectivity index (χ4v) is 6.48. The lowest BCUT2D eigenvalue weighted by Gasteiger charge is -2.34. The average molecular weight is 598 g/mol. The maximum atomic E-state index is 14.4. The Balaban J connectivity index is 1.81. The number of anilines is 1. The van der Waals surface area contributed by atoms with E-state index >= 15 is 0 Å². The number of carbonyl (C=O) groups excluding carboxylic acids is 2. The molecule has 1 atom stereocenters. The van der Waals surface area contributed by atoms with Crippen LogP contribution in [-0.4, -0.2) is 44.3 Å². The highest BCUT2D eigenvalue weighted by molar-refractivity contribution is 7.92. The van der Waals surface area contributed by atoms with Crippen molar-refractivity contribution in [1.82, 2.24) is 10.2 Å². The first kappa shape index (κ1) is 31.5. The molecule has 0 bridgehead atoms. The number of hydrogen-bond acceptors (Lipinski definition) is 4. The second kappa shape index (κ2) is 14.6. The van der Waals surface area contributed by atoms with Crippen LogP contribution in [0.1, 0.15) is 36.1 Å². The monoisotopic (exact) mass is 597 g/mol. The summed E-state index contributed by atoms with van der Waals surface area (Å²) in [5, 5.41) is 2.89. The Kier molecular flexibility index (Phi) is 10.7. The second-order valence-corrected chi connectivity index (χ2v) is 12.3. The molecule has 7 nitrogen and oxygen atoms in total. The molecule has 0 aliphatic rings. The summed E-state index contributed by atoms with van der Waals surface area (Å²) in [5.41, 5.74) is 3.89. The van der Waals surface area contributed by atoms with E-state index in [4.69, 9.17) is 0 Å². The third-order valence-corrected chi connectivity index (χ3v) is 9.12. The summed E-state index contributed by atoms with van der Waals surface area (Å²) in [6.45, 7) is 5.74. The molecule has 0 saturated heterocycles. The summed E-state index contributed by atoms with van der Waals surface area (Å²) in [5.74, 6) is -0.768. The van der Waals surface area contributed by atoms with Crippen LogP contribution in [0.2, 0.25) is 0 Å². The van der Waals surface area contributed by atoms with E-state index in [1.54, 1.807) is 36.4 Å². The first-order chi connectivity index (χ1) is 20.7. The van der Waals surface area contributed by atoms with E-state index in [0.29, 0.717) is 18.7 Å². The predicted octanol–water partition coefficient (Wildman–Crippen LogP) is 5.53. The van der Waals surface area contributed by atoms with Crippen molar-refractivity contribution in [1.29, 1.82) is 0 Å². The van der Waals surface area contributed by atoms with Crippen molar-refractivity contribution in [2.75, 3.05) is 17.4 Å². The van der Waals surface area contributed by atoms with Crippen molar-refractivity contribution in [2.45, 2.75) is 51.1 Å². The number of para-hydroxylation sites is 1. The van der Waals surface area contributed by atoms with Crippen LogP contribution >= 0.6 is 0 Å². The summed E-state index contributed by atoms with van der Waals surface area (Å²) >= 11 is 0. The van der Waals surface area contributed by atoms with E-state index in [1.165, 1.54) is 9.21 Å². The molecule has 0 heterocycles. The SMILES string of the molecule is CCNC(=O)[C@H](Cc1ccccc1)N(Cc1ccccc1)C(=O)CN(c1ccccc1CC)S(=O)(=O)c1ccc(C)cc1. The minimum Gasteiger partial charge on any atom is -0.355 e. The van der Waals surface area contributed by atoms with Gasteiger partial charge >= 0.3 is 0 Å². The average Bonchev–Trinajstić information content (AvgIpc) is 3.02. The number of benzene rings is 4. The topological polar surface area (TPSA) is 86.8 Å². The van der Waals surface area contributed by atoms with Gasteiger partial charge in [-0.25, -0.2) is 8.42 Å². The number of rotatable bonds is 13. The number of hydrogen-bond donors (Lipinski definition) is 1. The van der Waals surface area contributed by atoms with Crippen LogP contribution in [0.4, 0.5) is 5.69 Å². The van der Waals surface area contributed by atoms with Crippen molar-refractivity contribution in [3.8, 4) is 0 Å². The van der Waals surface area contributed by atoms with Crippen LogP contribution in [0, 0.1) is 6.92 Å². The Morgan fingerprint density at radius 1 is 0.767 bits per heavy atom. The first-order valence-electron chi connectivity index (χ1n) is 14.6. The third kappa shape index (κ3) is 7.90. The van der Waals surface area contributed by atoms with Gasteiger partial charge in [-0.05, 0) is 55.2 Å². The highest BCUT2D eigenvalue weighted by Crippen LogP contribution is 2.28. The van der Waals surface area contributed by atoms with Gasteiger partial charge in [-0.2, -0.15) is 0 Å². The molecule has 0 saturated carbocycles. The normalized spacial score (nSPS) is 11.9. The summed E-state index contributed by atoms with van der Waals surface area (Å²) in [7, 11) is -4.13. The Bertz CT molecular complexity index is 1610. The van der Waals surface area contributed by atoms with Crippen molar-refractivity contribution in [2.24, 2.45) is 0 Å². The lowest BCUT2D eigenvalue weighted by molar-refractivity contribution is -0.140. The molecule has 0 fully saturated rings. The third-order valence-electron chi connectivity index (χ3n) is 7.35. The van der Waals surface area contributed by atoms with Gasteiger partial charge in [0.2, 0.25) is 11.8 Å². The largest absolute Gasteiger partial charge is 0.355 e. The van der Waals surface area contributed by atoms with Crippen molar-refractivity contribution < 1.29 is 18.0 Å². The standard InChI is InChI=1S/C35H39N3O4S/c1-4-30-18-12-13-19-32(30)38(43(41,42)31-22-20-27(3)21-23-31)26-34(39)37(25-29-16-10-7-11-17-29)33(35(40)36-5-2)24-28-14-8-6-9-15-28/h6-23,33H,4-5,24-26H2,1-3H3,(H,36,40)/t33-/m0/s1. The molecule has 4 rings (SSSR count). The number of aryl methyl sites for hydroxylation is 2. The molecule has 0 aliphatic carbocycles. The van der Waals surface area contributed by atoms with Gasteiger partial charge in [-0.1, -0.05) is 103 Å². The number of amides is 2. The van der Waals surface area contributed by atoms with Gasteiger partial charge in [0.15, 0.2) is 0 Å². The molecule has 43 heavy (non-hydrogen) atoms. The molecule has 224 valence electrons. The molecule has 0 radical (unpaired) electrons. The van der Waals surface area contributed by atoms with E-state index < -0.39 is 28.5 Å². The molecule has 0 aromatic heterocycles. The molecule has 2 amide bonds. The number of likely N-dealkylation sites (N-methyl/N-ethyl adjacent to an activating group) is 1. The molecular formula is C35H39N3O4S. The van der Waals surface area contributed by atoms with Gasteiger partial charge in [0.25, 0.3) is 10.0 Å². The maximum Gasteiger partial charge on any atom is 0.264 e. The Morgan fingerprint density at radius 3 is 1.95 bits per heavy atom. The van der Waals surface area contributed by atoms with Crippen LogP contribution in [0.15, 0.2) is 114 Å². The highest BCUT2D eigenvalue weighted by Gasteiger charge is 2.35. The minimum atomic E-state index is -4.13. The Morgan fingerprint density at radius 2 is 1.35 bits per heavy atom. The maximum absolute atomic E-state index is 14.4. The second-order valence-electron chi connectivity index (χ2n) is 10.4. The summed E-state index contributed by atoms with van der Waals surface area (Å²) in [6, 6.07) is 31.9. The number of sulfonamides is 1. The van der Waals surface area contributed by atoms with E-state index in [9.17, 15) is 18.0 Å². The van der Waals surface area contributed by atoms with E-state index in [1.807, 2.05) is 93.6 Å². The molecular weight excluding hydrogens is 558 g/mol. The molecule has 0 spiro atoms. The summed E-state index contributed by atoms with van der Waals surface area (Å²) in [6.07, 6.45) is 0.856. The fourth-order valence-electron chi connectivity index (χ4n) is 5.03. The number of nitrogens with zero attached hydrogens (tertiary/aromatic N) is 2. The Hall–Kier alpha value is -4.43. The van der Waals surface area contributed by atoms with Crippen molar-refractivity contribution in [3.63, 3.8) is 0 Å². The van der Waals surface area contributed by atoms with Gasteiger partial charge in [0, 0.05) is 19.5 Å². The molecule has 8 heteroatoms. The Labute approximate surface area is 255 Å². The van der Waals surface area contributed by atoms with E-state index in [-0.39, 0.29) is 23.8 Å². The molecule has 1 N–H and O–H groups in total. The first-order valence-corrected chi connectivity index (χ1v) is 16.0. The van der Waals surface area contributed by atoms with Crippen LogP contribution in [0.25, 0.3) is 0 Å². The quantitative estimate of drug-likeness (QED) is 0.220. The van der Waals surface area contributed by atoms with Crippen LogP contribution in [-0.2, 0) is 39.0 Å². The van der Waals surface area contributed by atoms with Gasteiger partial charge < -0.3 is 10.2 Å². The molecule has 0 aliphatic heterocycles. The molecule has 0 unspecified atom stereocenters. The zero-order valence-electron chi connectivity index (χ0n) is 24.9. The van der Waals surface area contributed by atoms with Crippen molar-refractivity contribution in [3.05, 3.63) is 131 Å². The lowest BCUT2D eigenvalue weighted by Crippen LogP contribution is -2.53. The zero-order valence-corrected chi connectivity index (χ0v) is 25.8. The van der Waals surface area contributed by atoms with E-state index in [2.05, 4.69) is 5.32 Å².